The molecule has 0 aliphatic heterocycles. The van der Waals surface area contributed by atoms with Crippen LogP contribution < -0.4 is 10.1 Å². The molecule has 4 nitrogen and oxygen atoms in total. The van der Waals surface area contributed by atoms with Crippen molar-refractivity contribution < 1.29 is 9.53 Å². The van der Waals surface area contributed by atoms with Gasteiger partial charge in [0, 0.05) is 17.6 Å². The highest BCUT2D eigenvalue weighted by Gasteiger charge is 2.12. The Balaban J connectivity index is 1.52. The average Bonchev–Trinajstić information content (AvgIpc) is 3.05. The molecule has 1 N–H and O–H groups in total. The minimum absolute atomic E-state index is 0.0283. The number of para-hydroxylation sites is 1. The van der Waals surface area contributed by atoms with Crippen LogP contribution in [0, 0.1) is 0 Å². The van der Waals surface area contributed by atoms with Gasteiger partial charge in [-0.25, -0.2) is 0 Å². The van der Waals surface area contributed by atoms with Gasteiger partial charge in [-0.05, 0) is 43.9 Å². The van der Waals surface area contributed by atoms with Crippen LogP contribution in [0.3, 0.4) is 0 Å². The van der Waals surface area contributed by atoms with Crippen LogP contribution in [0.1, 0.15) is 25.3 Å². The summed E-state index contributed by atoms with van der Waals surface area (Å²) in [5.74, 6) is 0.817. The van der Waals surface area contributed by atoms with Crippen LogP contribution in [-0.4, -0.2) is 23.6 Å². The van der Waals surface area contributed by atoms with E-state index in [1.54, 1.807) is 7.11 Å². The van der Waals surface area contributed by atoms with Crippen molar-refractivity contribution in [1.29, 1.82) is 0 Å². The monoisotopic (exact) mass is 350 g/mol. The smallest absolute Gasteiger partial charge is 0.240 e. The van der Waals surface area contributed by atoms with Crippen molar-refractivity contribution in [1.82, 2.24) is 9.88 Å². The van der Waals surface area contributed by atoms with Crippen LogP contribution in [0.15, 0.2) is 60.8 Å². The zero-order valence-corrected chi connectivity index (χ0v) is 15.4. The van der Waals surface area contributed by atoms with E-state index >= 15 is 0 Å². The number of fused-ring (bicyclic) bond motifs is 1. The molecule has 1 atom stereocenters. The van der Waals surface area contributed by atoms with Crippen LogP contribution in [-0.2, 0) is 17.8 Å². The van der Waals surface area contributed by atoms with Crippen molar-refractivity contribution in [2.75, 3.05) is 7.11 Å². The Morgan fingerprint density at radius 3 is 2.69 bits per heavy atom. The van der Waals surface area contributed by atoms with E-state index in [-0.39, 0.29) is 11.9 Å². The van der Waals surface area contributed by atoms with Crippen molar-refractivity contribution in [2.45, 2.75) is 38.8 Å². The number of carbonyl (C=O) groups excluding carboxylic acids is 1. The second-order valence-corrected chi connectivity index (χ2v) is 6.69. The molecule has 0 bridgehead atoms. The molecule has 0 saturated carbocycles. The third-order valence-electron chi connectivity index (χ3n) is 4.64. The van der Waals surface area contributed by atoms with Crippen molar-refractivity contribution in [2.24, 2.45) is 0 Å². The van der Waals surface area contributed by atoms with Crippen LogP contribution in [0.4, 0.5) is 0 Å². The van der Waals surface area contributed by atoms with E-state index in [1.807, 2.05) is 41.1 Å². The van der Waals surface area contributed by atoms with Crippen LogP contribution >= 0.6 is 0 Å². The third kappa shape index (κ3) is 4.45. The van der Waals surface area contributed by atoms with Gasteiger partial charge in [-0.1, -0.05) is 42.5 Å². The van der Waals surface area contributed by atoms with Gasteiger partial charge in [0.25, 0.3) is 0 Å². The maximum atomic E-state index is 12.4. The number of aryl methyl sites for hydroxylation is 1. The van der Waals surface area contributed by atoms with Crippen molar-refractivity contribution in [3.05, 3.63) is 66.4 Å². The van der Waals surface area contributed by atoms with Gasteiger partial charge >= 0.3 is 0 Å². The number of nitrogens with zero attached hydrogens (tertiary/aromatic N) is 1. The van der Waals surface area contributed by atoms with Gasteiger partial charge in [0.2, 0.25) is 5.91 Å². The number of carbonyl (C=O) groups is 1. The first-order valence-corrected chi connectivity index (χ1v) is 9.12. The van der Waals surface area contributed by atoms with Gasteiger partial charge in [-0.3, -0.25) is 4.79 Å². The summed E-state index contributed by atoms with van der Waals surface area (Å²) in [6.45, 7) is 2.37. The molecule has 1 aromatic heterocycles. The fraction of sp³-hybridized carbons (Fsp3) is 0.318. The number of amides is 1. The summed E-state index contributed by atoms with van der Waals surface area (Å²) >= 11 is 0. The predicted molar refractivity (Wildman–Crippen MR) is 105 cm³/mol. The van der Waals surface area contributed by atoms with Crippen LogP contribution in [0.25, 0.3) is 10.9 Å². The SMILES string of the molecule is COc1cccc2ccn(CC(=O)NC(C)CCCc3ccccc3)c12. The highest BCUT2D eigenvalue weighted by molar-refractivity contribution is 5.87. The van der Waals surface area contributed by atoms with E-state index in [2.05, 4.69) is 36.5 Å². The molecule has 1 unspecified atom stereocenters. The average molecular weight is 350 g/mol. The summed E-state index contributed by atoms with van der Waals surface area (Å²) in [6, 6.07) is 18.5. The Morgan fingerprint density at radius 2 is 1.92 bits per heavy atom. The molecule has 0 aliphatic rings. The Hall–Kier alpha value is -2.75. The predicted octanol–water partition coefficient (Wildman–Crippen LogP) is 4.18. The first-order chi connectivity index (χ1) is 12.7. The molecular formula is C22H26N2O2. The fourth-order valence-electron chi connectivity index (χ4n) is 3.33. The van der Waals surface area contributed by atoms with E-state index in [0.717, 1.165) is 35.9 Å². The highest BCUT2D eigenvalue weighted by atomic mass is 16.5. The Kier molecular flexibility index (Phi) is 5.95. The van der Waals surface area contributed by atoms with Gasteiger partial charge < -0.3 is 14.6 Å². The minimum atomic E-state index is 0.0283. The van der Waals surface area contributed by atoms with E-state index in [1.165, 1.54) is 5.56 Å². The Bertz CT molecular complexity index is 855. The molecule has 4 heteroatoms. The summed E-state index contributed by atoms with van der Waals surface area (Å²) in [5, 5.41) is 4.18. The molecule has 3 rings (SSSR count). The van der Waals surface area contributed by atoms with Gasteiger partial charge in [-0.2, -0.15) is 0 Å². The van der Waals surface area contributed by atoms with E-state index < -0.39 is 0 Å². The van der Waals surface area contributed by atoms with Gasteiger partial charge in [-0.15, -0.1) is 0 Å². The number of ether oxygens (including phenoxy) is 1. The number of aromatic nitrogens is 1. The van der Waals surface area contributed by atoms with Gasteiger partial charge in [0.1, 0.15) is 12.3 Å². The molecule has 136 valence electrons. The number of rotatable bonds is 8. The largest absolute Gasteiger partial charge is 0.495 e. The lowest BCUT2D eigenvalue weighted by molar-refractivity contribution is -0.122. The highest BCUT2D eigenvalue weighted by Crippen LogP contribution is 2.26. The lowest BCUT2D eigenvalue weighted by Crippen LogP contribution is -2.35. The lowest BCUT2D eigenvalue weighted by Gasteiger charge is -2.15. The fourth-order valence-corrected chi connectivity index (χ4v) is 3.33. The first-order valence-electron chi connectivity index (χ1n) is 9.12. The number of benzene rings is 2. The van der Waals surface area contributed by atoms with E-state index in [9.17, 15) is 4.79 Å². The first kappa shape index (κ1) is 18.1. The second kappa shape index (κ2) is 8.56. The molecule has 0 saturated heterocycles. The van der Waals surface area contributed by atoms with Crippen LogP contribution in [0.5, 0.6) is 5.75 Å². The number of hydrogen-bond donors (Lipinski definition) is 1. The van der Waals surface area contributed by atoms with Crippen molar-refractivity contribution >= 4 is 16.8 Å². The standard InChI is InChI=1S/C22H26N2O2/c1-17(8-6-11-18-9-4-3-5-10-18)23-21(25)16-24-15-14-19-12-7-13-20(26-2)22(19)24/h3-5,7,9-10,12-15,17H,6,8,11,16H2,1-2H3,(H,23,25). The molecule has 0 fully saturated rings. The minimum Gasteiger partial charge on any atom is -0.495 e. The molecule has 1 amide bonds. The molecule has 1 heterocycles. The molecule has 26 heavy (non-hydrogen) atoms. The van der Waals surface area contributed by atoms with Gasteiger partial charge in [0.15, 0.2) is 0 Å². The Labute approximate surface area is 154 Å². The van der Waals surface area contributed by atoms with Gasteiger partial charge in [0.05, 0.1) is 12.6 Å². The third-order valence-corrected chi connectivity index (χ3v) is 4.64. The number of methoxy groups -OCH3 is 1. The van der Waals surface area contributed by atoms with E-state index in [4.69, 9.17) is 4.74 Å². The summed E-state index contributed by atoms with van der Waals surface area (Å²) in [6.07, 6.45) is 5.01. The summed E-state index contributed by atoms with van der Waals surface area (Å²) in [4.78, 5) is 12.4. The molecule has 0 aliphatic carbocycles. The summed E-state index contributed by atoms with van der Waals surface area (Å²) < 4.78 is 7.38. The zero-order valence-electron chi connectivity index (χ0n) is 15.4. The maximum absolute atomic E-state index is 12.4. The maximum Gasteiger partial charge on any atom is 0.240 e. The summed E-state index contributed by atoms with van der Waals surface area (Å²) in [5.41, 5.74) is 2.30. The molecule has 0 spiro atoms. The quantitative estimate of drug-likeness (QED) is 0.662. The molecule has 0 radical (unpaired) electrons. The molecule has 2 aromatic carbocycles. The topological polar surface area (TPSA) is 43.3 Å². The number of hydrogen-bond acceptors (Lipinski definition) is 2. The lowest BCUT2D eigenvalue weighted by atomic mass is 10.1. The van der Waals surface area contributed by atoms with Crippen molar-refractivity contribution in [3.63, 3.8) is 0 Å². The molecule has 3 aromatic rings. The Morgan fingerprint density at radius 1 is 1.12 bits per heavy atom. The van der Waals surface area contributed by atoms with E-state index in [0.29, 0.717) is 6.54 Å². The molecular weight excluding hydrogens is 324 g/mol. The van der Waals surface area contributed by atoms with Crippen LogP contribution in [0.2, 0.25) is 0 Å². The summed E-state index contributed by atoms with van der Waals surface area (Å²) in [7, 11) is 1.65. The number of nitrogens with one attached hydrogen (secondary N) is 1. The zero-order chi connectivity index (χ0) is 18.4. The second-order valence-electron chi connectivity index (χ2n) is 6.69. The normalized spacial score (nSPS) is 12.1. The van der Waals surface area contributed by atoms with Crippen molar-refractivity contribution in [3.8, 4) is 5.75 Å².